The number of rotatable bonds is 3. The van der Waals surface area contributed by atoms with Crippen molar-refractivity contribution in [3.8, 4) is 11.6 Å². The van der Waals surface area contributed by atoms with E-state index in [-0.39, 0.29) is 17.5 Å². The average molecular weight is 323 g/mol. The highest BCUT2D eigenvalue weighted by molar-refractivity contribution is 9.10. The van der Waals surface area contributed by atoms with Gasteiger partial charge in [-0.25, -0.2) is 4.98 Å². The van der Waals surface area contributed by atoms with E-state index in [4.69, 9.17) is 4.74 Å². The molecule has 0 N–H and O–H groups in total. The lowest BCUT2D eigenvalue weighted by atomic mass is 10.2. The van der Waals surface area contributed by atoms with E-state index < -0.39 is 0 Å². The van der Waals surface area contributed by atoms with Gasteiger partial charge < -0.3 is 9.30 Å². The van der Waals surface area contributed by atoms with Gasteiger partial charge in [0.2, 0.25) is 0 Å². The molecule has 19 heavy (non-hydrogen) atoms. The molecule has 2 aromatic rings. The number of aryl methyl sites for hydroxylation is 1. The fraction of sp³-hybridized carbons (Fsp3) is 0.286. The number of halogens is 1. The van der Waals surface area contributed by atoms with Crippen LogP contribution in [-0.4, -0.2) is 9.55 Å². The summed E-state index contributed by atoms with van der Waals surface area (Å²) in [5.41, 5.74) is 0.815. The minimum atomic E-state index is -0.224. The summed E-state index contributed by atoms with van der Waals surface area (Å²) in [5.74, 6) is 0.699. The molecule has 5 heteroatoms. The fourth-order valence-corrected chi connectivity index (χ4v) is 1.92. The highest BCUT2D eigenvalue weighted by Crippen LogP contribution is 2.23. The van der Waals surface area contributed by atoms with Crippen molar-refractivity contribution in [1.29, 1.82) is 0 Å². The summed E-state index contributed by atoms with van der Waals surface area (Å²) in [6.07, 6.45) is 3.23. The van der Waals surface area contributed by atoms with Crippen LogP contribution in [0, 0.1) is 6.92 Å². The Hall–Kier alpha value is -1.62. The van der Waals surface area contributed by atoms with Gasteiger partial charge >= 0.3 is 5.56 Å². The second-order valence-corrected chi connectivity index (χ2v) is 5.41. The van der Waals surface area contributed by atoms with Crippen LogP contribution in [0.15, 0.2) is 39.9 Å². The van der Waals surface area contributed by atoms with Crippen LogP contribution in [0.3, 0.4) is 0 Å². The van der Waals surface area contributed by atoms with E-state index in [0.717, 1.165) is 10.0 Å². The standard InChI is InChI=1S/C14H15BrN2O2/c1-9(2)17-7-6-16-13(14(17)18)19-11-4-5-12(15)10(3)8-11/h4-9H,1-3H3. The van der Waals surface area contributed by atoms with Crippen molar-refractivity contribution in [2.75, 3.05) is 0 Å². The highest BCUT2D eigenvalue weighted by Gasteiger charge is 2.09. The first-order valence-electron chi connectivity index (χ1n) is 6.00. The Kier molecular flexibility index (Phi) is 4.04. The van der Waals surface area contributed by atoms with Gasteiger partial charge in [0, 0.05) is 22.9 Å². The maximum Gasteiger partial charge on any atom is 0.313 e. The van der Waals surface area contributed by atoms with Gasteiger partial charge in [-0.3, -0.25) is 4.79 Å². The normalized spacial score (nSPS) is 10.8. The molecule has 0 fully saturated rings. The van der Waals surface area contributed by atoms with Crippen LogP contribution >= 0.6 is 15.9 Å². The Balaban J connectivity index is 2.36. The van der Waals surface area contributed by atoms with Crippen LogP contribution in [-0.2, 0) is 0 Å². The molecule has 1 aromatic heterocycles. The van der Waals surface area contributed by atoms with Gasteiger partial charge in [0.1, 0.15) is 5.75 Å². The van der Waals surface area contributed by atoms with Crippen molar-refractivity contribution < 1.29 is 4.74 Å². The molecule has 0 spiro atoms. The molecule has 2 rings (SSSR count). The second-order valence-electron chi connectivity index (χ2n) is 4.55. The van der Waals surface area contributed by atoms with Crippen LogP contribution in [0.1, 0.15) is 25.5 Å². The molecule has 0 atom stereocenters. The first kappa shape index (κ1) is 13.8. The number of nitrogens with zero attached hydrogens (tertiary/aromatic N) is 2. The second kappa shape index (κ2) is 5.57. The molecule has 0 amide bonds. The van der Waals surface area contributed by atoms with Crippen LogP contribution in [0.4, 0.5) is 0 Å². The Bertz CT molecular complexity index is 650. The zero-order valence-electron chi connectivity index (χ0n) is 11.1. The monoisotopic (exact) mass is 322 g/mol. The molecule has 1 aromatic carbocycles. The van der Waals surface area contributed by atoms with Crippen LogP contribution in [0.25, 0.3) is 0 Å². The third-order valence-corrected chi connectivity index (χ3v) is 3.63. The average Bonchev–Trinajstić information content (AvgIpc) is 2.36. The van der Waals surface area contributed by atoms with Gasteiger partial charge in [-0.2, -0.15) is 0 Å². The first-order chi connectivity index (χ1) is 8.99. The number of hydrogen-bond acceptors (Lipinski definition) is 3. The molecule has 0 aliphatic heterocycles. The molecule has 0 bridgehead atoms. The van der Waals surface area contributed by atoms with Crippen LogP contribution < -0.4 is 10.3 Å². The van der Waals surface area contributed by atoms with E-state index >= 15 is 0 Å². The first-order valence-corrected chi connectivity index (χ1v) is 6.79. The molecule has 0 saturated heterocycles. The van der Waals surface area contributed by atoms with Crippen molar-refractivity contribution in [3.63, 3.8) is 0 Å². The number of benzene rings is 1. The van der Waals surface area contributed by atoms with Crippen LogP contribution in [0.5, 0.6) is 11.6 Å². The summed E-state index contributed by atoms with van der Waals surface area (Å²) in [6.45, 7) is 5.84. The molecule has 1 heterocycles. The van der Waals surface area contributed by atoms with E-state index in [1.165, 1.54) is 0 Å². The van der Waals surface area contributed by atoms with Crippen molar-refractivity contribution in [1.82, 2.24) is 9.55 Å². The van der Waals surface area contributed by atoms with Gasteiger partial charge in [-0.15, -0.1) is 0 Å². The van der Waals surface area contributed by atoms with Gasteiger partial charge in [0.05, 0.1) is 0 Å². The molecule has 0 unspecified atom stereocenters. The summed E-state index contributed by atoms with van der Waals surface area (Å²) in [6, 6.07) is 5.61. The molecular weight excluding hydrogens is 308 g/mol. The van der Waals surface area contributed by atoms with Gasteiger partial charge in [0.25, 0.3) is 5.88 Å². The lowest BCUT2D eigenvalue weighted by molar-refractivity contribution is 0.436. The summed E-state index contributed by atoms with van der Waals surface area (Å²) >= 11 is 3.42. The molecule has 100 valence electrons. The Morgan fingerprint density at radius 3 is 2.74 bits per heavy atom. The fourth-order valence-electron chi connectivity index (χ4n) is 1.68. The molecule has 4 nitrogen and oxygen atoms in total. The molecule has 0 aliphatic rings. The van der Waals surface area contributed by atoms with Crippen molar-refractivity contribution >= 4 is 15.9 Å². The lowest BCUT2D eigenvalue weighted by Gasteiger charge is -2.11. The number of ether oxygens (including phenoxy) is 1. The van der Waals surface area contributed by atoms with Crippen molar-refractivity contribution in [2.45, 2.75) is 26.8 Å². The molecular formula is C14H15BrN2O2. The van der Waals surface area contributed by atoms with E-state index in [9.17, 15) is 4.79 Å². The topological polar surface area (TPSA) is 44.1 Å². The van der Waals surface area contributed by atoms with Gasteiger partial charge in [-0.1, -0.05) is 15.9 Å². The molecule has 0 radical (unpaired) electrons. The maximum absolute atomic E-state index is 12.1. The zero-order valence-corrected chi connectivity index (χ0v) is 12.6. The molecule has 0 saturated carbocycles. The van der Waals surface area contributed by atoms with E-state index in [1.807, 2.05) is 32.9 Å². The smallest absolute Gasteiger partial charge is 0.313 e. The molecule has 0 aliphatic carbocycles. The Morgan fingerprint density at radius 1 is 1.37 bits per heavy atom. The number of aromatic nitrogens is 2. The van der Waals surface area contributed by atoms with Gasteiger partial charge in [-0.05, 0) is 44.5 Å². The third kappa shape index (κ3) is 3.04. The predicted molar refractivity (Wildman–Crippen MR) is 77.8 cm³/mol. The zero-order chi connectivity index (χ0) is 14.0. The largest absolute Gasteiger partial charge is 0.435 e. The van der Waals surface area contributed by atoms with Crippen molar-refractivity contribution in [2.24, 2.45) is 0 Å². The summed E-state index contributed by atoms with van der Waals surface area (Å²) in [5, 5.41) is 0. The minimum absolute atomic E-state index is 0.0736. The van der Waals surface area contributed by atoms with Gasteiger partial charge in [0.15, 0.2) is 0 Å². The third-order valence-electron chi connectivity index (χ3n) is 2.74. The lowest BCUT2D eigenvalue weighted by Crippen LogP contribution is -2.23. The van der Waals surface area contributed by atoms with Crippen LogP contribution in [0.2, 0.25) is 0 Å². The predicted octanol–water partition coefficient (Wildman–Crippen LogP) is 3.69. The van der Waals surface area contributed by atoms with E-state index in [0.29, 0.717) is 5.75 Å². The quantitative estimate of drug-likeness (QED) is 0.865. The van der Waals surface area contributed by atoms with E-state index in [1.54, 1.807) is 23.0 Å². The summed E-state index contributed by atoms with van der Waals surface area (Å²) in [4.78, 5) is 16.1. The summed E-state index contributed by atoms with van der Waals surface area (Å²) < 4.78 is 8.16. The summed E-state index contributed by atoms with van der Waals surface area (Å²) in [7, 11) is 0. The Labute approximate surface area is 120 Å². The number of hydrogen-bond donors (Lipinski definition) is 0. The van der Waals surface area contributed by atoms with E-state index in [2.05, 4.69) is 20.9 Å². The maximum atomic E-state index is 12.1. The Morgan fingerprint density at radius 2 is 2.11 bits per heavy atom. The minimum Gasteiger partial charge on any atom is -0.435 e. The highest BCUT2D eigenvalue weighted by atomic mass is 79.9. The van der Waals surface area contributed by atoms with Crippen molar-refractivity contribution in [3.05, 3.63) is 51.0 Å². The SMILES string of the molecule is Cc1cc(Oc2nccn(C(C)C)c2=O)ccc1Br.